The van der Waals surface area contributed by atoms with Crippen molar-refractivity contribution in [3.8, 4) is 5.75 Å². The highest BCUT2D eigenvalue weighted by atomic mass is 16.5. The van der Waals surface area contributed by atoms with Crippen molar-refractivity contribution in [2.75, 3.05) is 6.61 Å². The second-order valence-corrected chi connectivity index (χ2v) is 5.30. The van der Waals surface area contributed by atoms with E-state index in [1.165, 1.54) is 16.3 Å². The third-order valence-electron chi connectivity index (χ3n) is 3.67. The van der Waals surface area contributed by atoms with Crippen LogP contribution in [0.15, 0.2) is 66.7 Å². The average Bonchev–Trinajstić information content (AvgIpc) is 2.53. The lowest BCUT2D eigenvalue weighted by molar-refractivity contribution is 0.291. The fraction of sp³-hybridized carbons (Fsp3) is 0.158. The average molecular weight is 277 g/mol. The van der Waals surface area contributed by atoms with E-state index < -0.39 is 0 Å². The van der Waals surface area contributed by atoms with E-state index in [1.807, 2.05) is 42.5 Å². The third kappa shape index (κ3) is 3.06. The standard InChI is InChI=1S/C19H19NO/c1-14-9-11-16(12-10-14)21-13-19(20)18-8-4-6-15-5-2-3-7-17(15)18/h2-12,19H,13,20H2,1H3/t19-/m1/s1. The maximum absolute atomic E-state index is 6.31. The molecule has 21 heavy (non-hydrogen) atoms. The molecule has 2 heteroatoms. The Morgan fingerprint density at radius 3 is 2.43 bits per heavy atom. The Morgan fingerprint density at radius 2 is 1.62 bits per heavy atom. The van der Waals surface area contributed by atoms with Crippen LogP contribution in [0.3, 0.4) is 0 Å². The van der Waals surface area contributed by atoms with Crippen molar-refractivity contribution in [1.29, 1.82) is 0 Å². The van der Waals surface area contributed by atoms with Gasteiger partial charge in [-0.2, -0.15) is 0 Å². The zero-order chi connectivity index (χ0) is 14.7. The van der Waals surface area contributed by atoms with Crippen molar-refractivity contribution < 1.29 is 4.74 Å². The van der Waals surface area contributed by atoms with Gasteiger partial charge in [0.1, 0.15) is 12.4 Å². The molecule has 1 atom stereocenters. The Balaban J connectivity index is 1.78. The van der Waals surface area contributed by atoms with Crippen LogP contribution in [0.25, 0.3) is 10.8 Å². The van der Waals surface area contributed by atoms with Crippen molar-refractivity contribution in [3.63, 3.8) is 0 Å². The van der Waals surface area contributed by atoms with Crippen molar-refractivity contribution in [1.82, 2.24) is 0 Å². The van der Waals surface area contributed by atoms with Gasteiger partial charge in [0.25, 0.3) is 0 Å². The second kappa shape index (κ2) is 5.98. The van der Waals surface area contributed by atoms with Gasteiger partial charge in [-0.05, 0) is 35.4 Å². The molecule has 0 saturated carbocycles. The summed E-state index contributed by atoms with van der Waals surface area (Å²) in [6.45, 7) is 2.53. The summed E-state index contributed by atoms with van der Waals surface area (Å²) in [6.07, 6.45) is 0. The third-order valence-corrected chi connectivity index (χ3v) is 3.67. The maximum Gasteiger partial charge on any atom is 0.119 e. The molecule has 0 aliphatic heterocycles. The minimum Gasteiger partial charge on any atom is -0.492 e. The first-order valence-corrected chi connectivity index (χ1v) is 7.17. The minimum absolute atomic E-state index is 0.141. The summed E-state index contributed by atoms with van der Waals surface area (Å²) in [6, 6.07) is 22.4. The van der Waals surface area contributed by atoms with Gasteiger partial charge in [-0.1, -0.05) is 60.2 Å². The molecule has 3 rings (SSSR count). The number of hydrogen-bond donors (Lipinski definition) is 1. The zero-order valence-corrected chi connectivity index (χ0v) is 12.1. The number of ether oxygens (including phenoxy) is 1. The van der Waals surface area contributed by atoms with Gasteiger partial charge in [0.15, 0.2) is 0 Å². The largest absolute Gasteiger partial charge is 0.492 e. The van der Waals surface area contributed by atoms with Gasteiger partial charge in [0.2, 0.25) is 0 Å². The Labute approximate surface area is 125 Å². The summed E-state index contributed by atoms with van der Waals surface area (Å²) in [4.78, 5) is 0. The molecule has 0 heterocycles. The SMILES string of the molecule is Cc1ccc(OC[C@@H](N)c2cccc3ccccc23)cc1. The van der Waals surface area contributed by atoms with Gasteiger partial charge >= 0.3 is 0 Å². The first-order chi connectivity index (χ1) is 10.2. The van der Waals surface area contributed by atoms with E-state index in [1.54, 1.807) is 0 Å². The van der Waals surface area contributed by atoms with E-state index in [0.29, 0.717) is 6.61 Å². The van der Waals surface area contributed by atoms with Crippen LogP contribution < -0.4 is 10.5 Å². The zero-order valence-electron chi connectivity index (χ0n) is 12.1. The van der Waals surface area contributed by atoms with E-state index in [-0.39, 0.29) is 6.04 Å². The molecular weight excluding hydrogens is 258 g/mol. The smallest absolute Gasteiger partial charge is 0.119 e. The predicted octanol–water partition coefficient (Wildman–Crippen LogP) is 4.23. The van der Waals surface area contributed by atoms with Crippen LogP contribution in [0.1, 0.15) is 17.2 Å². The monoisotopic (exact) mass is 277 g/mol. The second-order valence-electron chi connectivity index (χ2n) is 5.30. The Hall–Kier alpha value is -2.32. The lowest BCUT2D eigenvalue weighted by Gasteiger charge is -2.16. The molecular formula is C19H19NO. The molecule has 0 bridgehead atoms. The topological polar surface area (TPSA) is 35.2 Å². The lowest BCUT2D eigenvalue weighted by Crippen LogP contribution is -2.19. The van der Waals surface area contributed by atoms with E-state index in [0.717, 1.165) is 11.3 Å². The summed E-state index contributed by atoms with van der Waals surface area (Å²) in [5.41, 5.74) is 8.66. The van der Waals surface area contributed by atoms with Gasteiger partial charge < -0.3 is 10.5 Å². The molecule has 0 saturated heterocycles. The van der Waals surface area contributed by atoms with E-state index in [9.17, 15) is 0 Å². The highest BCUT2D eigenvalue weighted by Crippen LogP contribution is 2.23. The first-order valence-electron chi connectivity index (χ1n) is 7.17. The van der Waals surface area contributed by atoms with Gasteiger partial charge in [-0.15, -0.1) is 0 Å². The van der Waals surface area contributed by atoms with Crippen molar-refractivity contribution in [2.45, 2.75) is 13.0 Å². The van der Waals surface area contributed by atoms with Crippen LogP contribution in [-0.2, 0) is 0 Å². The first kappa shape index (κ1) is 13.7. The van der Waals surface area contributed by atoms with E-state index in [2.05, 4.69) is 31.2 Å². The van der Waals surface area contributed by atoms with Gasteiger partial charge in [0.05, 0.1) is 6.04 Å². The minimum atomic E-state index is -0.141. The van der Waals surface area contributed by atoms with Crippen molar-refractivity contribution in [2.24, 2.45) is 5.73 Å². The Kier molecular flexibility index (Phi) is 3.89. The van der Waals surface area contributed by atoms with Gasteiger partial charge in [-0.25, -0.2) is 0 Å². The number of benzene rings is 3. The lowest BCUT2D eigenvalue weighted by atomic mass is 10.00. The number of aryl methyl sites for hydroxylation is 1. The highest BCUT2D eigenvalue weighted by molar-refractivity contribution is 5.86. The van der Waals surface area contributed by atoms with E-state index in [4.69, 9.17) is 10.5 Å². The summed E-state index contributed by atoms with van der Waals surface area (Å²) in [7, 11) is 0. The molecule has 0 aromatic heterocycles. The molecule has 0 spiro atoms. The fourth-order valence-corrected chi connectivity index (χ4v) is 2.48. The number of fused-ring (bicyclic) bond motifs is 1. The van der Waals surface area contributed by atoms with Crippen molar-refractivity contribution >= 4 is 10.8 Å². The Morgan fingerprint density at radius 1 is 0.905 bits per heavy atom. The maximum atomic E-state index is 6.31. The van der Waals surface area contributed by atoms with Crippen LogP contribution in [0.4, 0.5) is 0 Å². The summed E-state index contributed by atoms with van der Waals surface area (Å²) in [5.74, 6) is 0.858. The van der Waals surface area contributed by atoms with E-state index >= 15 is 0 Å². The summed E-state index contributed by atoms with van der Waals surface area (Å²) >= 11 is 0. The molecule has 0 aliphatic carbocycles. The van der Waals surface area contributed by atoms with Gasteiger partial charge in [0, 0.05) is 0 Å². The van der Waals surface area contributed by atoms with Crippen LogP contribution in [-0.4, -0.2) is 6.61 Å². The summed E-state index contributed by atoms with van der Waals surface area (Å²) < 4.78 is 5.80. The normalized spacial score (nSPS) is 12.3. The van der Waals surface area contributed by atoms with Crippen LogP contribution in [0.5, 0.6) is 5.75 Å². The molecule has 0 fully saturated rings. The summed E-state index contributed by atoms with van der Waals surface area (Å²) in [5, 5.41) is 2.40. The molecule has 0 aliphatic rings. The number of rotatable bonds is 4. The van der Waals surface area contributed by atoms with Crippen molar-refractivity contribution in [3.05, 3.63) is 77.9 Å². The number of nitrogens with two attached hydrogens (primary N) is 1. The predicted molar refractivity (Wildman–Crippen MR) is 87.6 cm³/mol. The van der Waals surface area contributed by atoms with Gasteiger partial charge in [-0.3, -0.25) is 0 Å². The van der Waals surface area contributed by atoms with Crippen LogP contribution in [0, 0.1) is 6.92 Å². The quantitative estimate of drug-likeness (QED) is 0.774. The molecule has 2 nitrogen and oxygen atoms in total. The Bertz CT molecular complexity index is 729. The van der Waals surface area contributed by atoms with Crippen LogP contribution >= 0.6 is 0 Å². The molecule has 3 aromatic rings. The van der Waals surface area contributed by atoms with Crippen LogP contribution in [0.2, 0.25) is 0 Å². The molecule has 2 N–H and O–H groups in total. The molecule has 106 valence electrons. The fourth-order valence-electron chi connectivity index (χ4n) is 2.48. The molecule has 0 amide bonds. The molecule has 3 aromatic carbocycles. The molecule has 0 unspecified atom stereocenters. The number of hydrogen-bond acceptors (Lipinski definition) is 2. The highest BCUT2D eigenvalue weighted by Gasteiger charge is 2.10. The molecule has 0 radical (unpaired) electrons.